The third-order valence-electron chi connectivity index (χ3n) is 12.6. The molecule has 1 aromatic heterocycles. The SMILES string of the molecule is C[C@]12CC[C@@H](O)CC1CCC1C2CC[C@]2(C)C(CCC(=O)N[C@@H]3CN[C@H](C(=O)NCCc4cnc[nH]4)C3)CCC12. The molecule has 4 saturated carbocycles. The number of hydrogen-bond acceptors (Lipinski definition) is 5. The molecule has 4 aliphatic carbocycles. The predicted molar refractivity (Wildman–Crippen MR) is 154 cm³/mol. The van der Waals surface area contributed by atoms with Gasteiger partial charge in [-0.15, -0.1) is 0 Å². The highest BCUT2D eigenvalue weighted by Gasteiger charge is 2.59. The topological polar surface area (TPSA) is 119 Å². The molecular formula is C32H51N5O3. The van der Waals surface area contributed by atoms with E-state index in [0.29, 0.717) is 48.6 Å². The zero-order valence-electron chi connectivity index (χ0n) is 24.6. The summed E-state index contributed by atoms with van der Waals surface area (Å²) in [5, 5.41) is 19.8. The lowest BCUT2D eigenvalue weighted by molar-refractivity contribution is -0.128. The quantitative estimate of drug-likeness (QED) is 0.336. The number of imidazole rings is 1. The molecule has 5 N–H and O–H groups in total. The zero-order chi connectivity index (χ0) is 27.9. The number of hydrogen-bond donors (Lipinski definition) is 5. The van der Waals surface area contributed by atoms with Gasteiger partial charge in [0.2, 0.25) is 11.8 Å². The van der Waals surface area contributed by atoms with Crippen molar-refractivity contribution in [1.29, 1.82) is 0 Å². The molecule has 2 amide bonds. The van der Waals surface area contributed by atoms with Gasteiger partial charge in [0.05, 0.1) is 18.5 Å². The standard InChI is InChI=1S/C32H51N5O3/c1-31-13-10-27-25(6-3-21-15-24(38)9-12-32(21,27)2)26(31)7-4-20(31)5-8-29(39)37-23-16-28(35-18-23)30(40)34-14-11-22-17-33-19-36-22/h17,19-21,23-28,35,38H,3-16,18H2,1-2H3,(H,33,36)(H,34,40)(H,37,39)/t20?,21?,23-,24+,25?,26?,27?,28-,31+,32-/m0/s1. The number of H-pyrrole nitrogens is 1. The van der Waals surface area contributed by atoms with Gasteiger partial charge in [-0.05, 0) is 111 Å². The van der Waals surface area contributed by atoms with E-state index >= 15 is 0 Å². The molecule has 8 heteroatoms. The van der Waals surface area contributed by atoms with Gasteiger partial charge >= 0.3 is 0 Å². The van der Waals surface area contributed by atoms with Gasteiger partial charge in [-0.2, -0.15) is 0 Å². The van der Waals surface area contributed by atoms with Crippen molar-refractivity contribution in [2.75, 3.05) is 13.1 Å². The Kier molecular flexibility index (Phi) is 8.03. The largest absolute Gasteiger partial charge is 0.393 e. The Balaban J connectivity index is 0.957. The van der Waals surface area contributed by atoms with Crippen LogP contribution in [0.25, 0.3) is 0 Å². The third-order valence-corrected chi connectivity index (χ3v) is 12.6. The maximum Gasteiger partial charge on any atom is 0.237 e. The molecule has 1 saturated heterocycles. The summed E-state index contributed by atoms with van der Waals surface area (Å²) in [4.78, 5) is 32.6. The van der Waals surface area contributed by atoms with E-state index in [2.05, 4.69) is 39.8 Å². The Morgan fingerprint density at radius 3 is 2.70 bits per heavy atom. The van der Waals surface area contributed by atoms with Gasteiger partial charge in [-0.1, -0.05) is 13.8 Å². The lowest BCUT2D eigenvalue weighted by Crippen LogP contribution is -2.53. The number of nitrogens with one attached hydrogen (secondary N) is 4. The molecule has 2 heterocycles. The molecular weight excluding hydrogens is 502 g/mol. The van der Waals surface area contributed by atoms with Gasteiger partial charge in [0.25, 0.3) is 0 Å². The number of carbonyl (C=O) groups is 2. The number of rotatable bonds is 8. The molecule has 0 spiro atoms. The number of aromatic nitrogens is 2. The Morgan fingerprint density at radius 2 is 1.88 bits per heavy atom. The highest BCUT2D eigenvalue weighted by molar-refractivity contribution is 5.82. The second kappa shape index (κ2) is 11.4. The lowest BCUT2D eigenvalue weighted by atomic mass is 9.44. The van der Waals surface area contributed by atoms with Crippen molar-refractivity contribution in [2.24, 2.45) is 40.4 Å². The molecule has 40 heavy (non-hydrogen) atoms. The molecule has 0 aromatic carbocycles. The summed E-state index contributed by atoms with van der Waals surface area (Å²) in [6.45, 7) is 6.33. The lowest BCUT2D eigenvalue weighted by Gasteiger charge is -2.61. The fourth-order valence-corrected chi connectivity index (χ4v) is 10.3. The first-order chi connectivity index (χ1) is 19.3. The Bertz CT molecular complexity index is 1050. The van der Waals surface area contributed by atoms with Crippen LogP contribution in [0.15, 0.2) is 12.5 Å². The van der Waals surface area contributed by atoms with Crippen molar-refractivity contribution >= 4 is 11.8 Å². The molecule has 0 bridgehead atoms. The molecule has 5 unspecified atom stereocenters. The minimum Gasteiger partial charge on any atom is -0.393 e. The van der Waals surface area contributed by atoms with Crippen LogP contribution >= 0.6 is 0 Å². The molecule has 222 valence electrons. The Morgan fingerprint density at radius 1 is 1.05 bits per heavy atom. The second-order valence-corrected chi connectivity index (χ2v) is 14.5. The highest BCUT2D eigenvalue weighted by atomic mass is 16.3. The second-order valence-electron chi connectivity index (χ2n) is 14.5. The van der Waals surface area contributed by atoms with Crippen LogP contribution in [0, 0.1) is 40.4 Å². The van der Waals surface area contributed by atoms with E-state index < -0.39 is 0 Å². The van der Waals surface area contributed by atoms with Crippen LogP contribution in [0.2, 0.25) is 0 Å². The number of carbonyl (C=O) groups excluding carboxylic acids is 2. The average Bonchev–Trinajstić information content (AvgIpc) is 3.68. The fraction of sp³-hybridized carbons (Fsp3) is 0.844. The van der Waals surface area contributed by atoms with Crippen molar-refractivity contribution in [1.82, 2.24) is 25.9 Å². The highest BCUT2D eigenvalue weighted by Crippen LogP contribution is 2.67. The van der Waals surface area contributed by atoms with E-state index in [0.717, 1.165) is 49.1 Å². The number of nitrogens with zero attached hydrogens (tertiary/aromatic N) is 1. The normalized spacial score (nSPS) is 42.5. The molecule has 10 atom stereocenters. The van der Waals surface area contributed by atoms with Crippen molar-refractivity contribution in [3.05, 3.63) is 18.2 Å². The number of fused-ring (bicyclic) bond motifs is 5. The molecule has 8 nitrogen and oxygen atoms in total. The summed E-state index contributed by atoms with van der Waals surface area (Å²) in [6.07, 6.45) is 17.4. The monoisotopic (exact) mass is 553 g/mol. The summed E-state index contributed by atoms with van der Waals surface area (Å²) in [5.74, 6) is 3.95. The summed E-state index contributed by atoms with van der Waals surface area (Å²) >= 11 is 0. The van der Waals surface area contributed by atoms with Gasteiger partial charge in [0, 0.05) is 43.9 Å². The minimum atomic E-state index is -0.249. The van der Waals surface area contributed by atoms with Crippen molar-refractivity contribution in [3.63, 3.8) is 0 Å². The van der Waals surface area contributed by atoms with Gasteiger partial charge < -0.3 is 26.0 Å². The fourth-order valence-electron chi connectivity index (χ4n) is 10.3. The number of amides is 2. The van der Waals surface area contributed by atoms with E-state index in [1.165, 1.54) is 44.9 Å². The maximum atomic E-state index is 13.0. The first-order valence-corrected chi connectivity index (χ1v) is 16.2. The van der Waals surface area contributed by atoms with Crippen molar-refractivity contribution in [2.45, 2.75) is 116 Å². The first kappa shape index (κ1) is 28.2. The molecule has 6 rings (SSSR count). The summed E-state index contributed by atoms with van der Waals surface area (Å²) in [5.41, 5.74) is 1.80. The van der Waals surface area contributed by atoms with E-state index in [1.807, 2.05) is 0 Å². The number of aliphatic hydroxyl groups is 1. The van der Waals surface area contributed by atoms with Crippen LogP contribution in [0.3, 0.4) is 0 Å². The minimum absolute atomic E-state index is 0.00378. The molecule has 1 aliphatic heterocycles. The van der Waals surface area contributed by atoms with Crippen molar-refractivity contribution < 1.29 is 14.7 Å². The van der Waals surface area contributed by atoms with Gasteiger partial charge in [-0.25, -0.2) is 4.98 Å². The molecule has 1 aromatic rings. The van der Waals surface area contributed by atoms with Crippen LogP contribution < -0.4 is 16.0 Å². The van der Waals surface area contributed by atoms with Gasteiger partial charge in [0.1, 0.15) is 0 Å². The maximum absolute atomic E-state index is 13.0. The number of aromatic amines is 1. The van der Waals surface area contributed by atoms with E-state index in [4.69, 9.17) is 0 Å². The summed E-state index contributed by atoms with van der Waals surface area (Å²) in [7, 11) is 0. The van der Waals surface area contributed by atoms with Crippen LogP contribution in [0.5, 0.6) is 0 Å². The van der Waals surface area contributed by atoms with Crippen LogP contribution in [0.1, 0.15) is 96.6 Å². The van der Waals surface area contributed by atoms with E-state index in [1.54, 1.807) is 12.5 Å². The number of aliphatic hydroxyl groups excluding tert-OH is 1. The van der Waals surface area contributed by atoms with Gasteiger partial charge in [-0.3, -0.25) is 9.59 Å². The van der Waals surface area contributed by atoms with E-state index in [9.17, 15) is 14.7 Å². The zero-order valence-corrected chi connectivity index (χ0v) is 24.6. The predicted octanol–water partition coefficient (Wildman–Crippen LogP) is 3.72. The summed E-state index contributed by atoms with van der Waals surface area (Å²) < 4.78 is 0. The van der Waals surface area contributed by atoms with E-state index in [-0.39, 0.29) is 30.0 Å². The van der Waals surface area contributed by atoms with Crippen molar-refractivity contribution in [3.8, 4) is 0 Å². The summed E-state index contributed by atoms with van der Waals surface area (Å²) in [6, 6.07) is -0.232. The first-order valence-electron chi connectivity index (χ1n) is 16.2. The van der Waals surface area contributed by atoms with Gasteiger partial charge in [0.15, 0.2) is 0 Å². The van der Waals surface area contributed by atoms with Crippen LogP contribution in [-0.4, -0.2) is 58.2 Å². The van der Waals surface area contributed by atoms with Crippen LogP contribution in [-0.2, 0) is 16.0 Å². The molecule has 5 aliphatic rings. The smallest absolute Gasteiger partial charge is 0.237 e. The van der Waals surface area contributed by atoms with Crippen LogP contribution in [0.4, 0.5) is 0 Å². The molecule has 0 radical (unpaired) electrons. The average molecular weight is 554 g/mol. The molecule has 5 fully saturated rings. The third kappa shape index (κ3) is 5.35. The Hall–Kier alpha value is -1.93. The Labute approximate surface area is 239 Å².